The molecule has 2 rings (SSSR count). The molecule has 0 aliphatic heterocycles. The van der Waals surface area contributed by atoms with E-state index in [4.69, 9.17) is 4.42 Å². The average Bonchev–Trinajstić information content (AvgIpc) is 2.77. The van der Waals surface area contributed by atoms with E-state index in [1.54, 1.807) is 6.07 Å². The summed E-state index contributed by atoms with van der Waals surface area (Å²) >= 11 is 3.05. The summed E-state index contributed by atoms with van der Waals surface area (Å²) in [6.45, 7) is 0. The van der Waals surface area contributed by atoms with E-state index in [2.05, 4.69) is 26.0 Å². The summed E-state index contributed by atoms with van der Waals surface area (Å²) in [5.74, 6) is -0.802. The van der Waals surface area contributed by atoms with Gasteiger partial charge in [-0.1, -0.05) is 0 Å². The Morgan fingerprint density at radius 1 is 1.15 bits per heavy atom. The van der Waals surface area contributed by atoms with Gasteiger partial charge < -0.3 is 14.5 Å². The van der Waals surface area contributed by atoms with E-state index >= 15 is 0 Å². The second-order valence-electron chi connectivity index (χ2n) is 3.63. The first-order valence-electron chi connectivity index (χ1n) is 5.26. The molecule has 0 unspecified atom stereocenters. The quantitative estimate of drug-likeness (QED) is 0.903. The van der Waals surface area contributed by atoms with Gasteiger partial charge in [0, 0.05) is 5.69 Å². The van der Waals surface area contributed by atoms with Crippen LogP contribution in [-0.2, 0) is 0 Å². The highest BCUT2D eigenvalue weighted by atomic mass is 79.9. The molecule has 106 valence electrons. The van der Waals surface area contributed by atoms with Crippen molar-refractivity contribution in [1.82, 2.24) is 0 Å². The molecule has 0 saturated carbocycles. The number of amides is 1. The standard InChI is InChI=1S/C12H7BrF3NO3/c13-10-6-5-9(19-10)11(18)17-7-1-3-8(4-2-7)20-12(14,15)16/h1-6H,(H,17,18). The summed E-state index contributed by atoms with van der Waals surface area (Å²) < 4.78 is 45.1. The average molecular weight is 350 g/mol. The van der Waals surface area contributed by atoms with Crippen molar-refractivity contribution in [3.8, 4) is 5.75 Å². The molecule has 0 radical (unpaired) electrons. The van der Waals surface area contributed by atoms with Crippen molar-refractivity contribution in [1.29, 1.82) is 0 Å². The van der Waals surface area contributed by atoms with E-state index < -0.39 is 12.3 Å². The van der Waals surface area contributed by atoms with Gasteiger partial charge in [0.1, 0.15) is 5.75 Å². The second kappa shape index (κ2) is 5.58. The van der Waals surface area contributed by atoms with Crippen LogP contribution >= 0.6 is 15.9 Å². The summed E-state index contributed by atoms with van der Waals surface area (Å²) in [5.41, 5.74) is 0.317. The van der Waals surface area contributed by atoms with Crippen LogP contribution < -0.4 is 10.1 Å². The van der Waals surface area contributed by atoms with Gasteiger partial charge in [0.25, 0.3) is 5.91 Å². The lowest BCUT2D eigenvalue weighted by Gasteiger charge is -2.09. The number of carbonyl (C=O) groups excluding carboxylic acids is 1. The highest BCUT2D eigenvalue weighted by molar-refractivity contribution is 9.10. The van der Waals surface area contributed by atoms with E-state index in [1.165, 1.54) is 18.2 Å². The lowest BCUT2D eigenvalue weighted by atomic mass is 10.3. The van der Waals surface area contributed by atoms with Crippen molar-refractivity contribution in [2.24, 2.45) is 0 Å². The molecule has 1 amide bonds. The number of carbonyl (C=O) groups is 1. The predicted molar refractivity (Wildman–Crippen MR) is 67.5 cm³/mol. The van der Waals surface area contributed by atoms with Crippen molar-refractivity contribution in [3.63, 3.8) is 0 Å². The van der Waals surface area contributed by atoms with Crippen LogP contribution in [0, 0.1) is 0 Å². The zero-order chi connectivity index (χ0) is 14.8. The number of furan rings is 1. The maximum atomic E-state index is 12.0. The highest BCUT2D eigenvalue weighted by Crippen LogP contribution is 2.24. The van der Waals surface area contributed by atoms with Gasteiger partial charge in [-0.3, -0.25) is 4.79 Å². The lowest BCUT2D eigenvalue weighted by Crippen LogP contribution is -2.17. The van der Waals surface area contributed by atoms with Crippen LogP contribution in [0.2, 0.25) is 0 Å². The first kappa shape index (κ1) is 14.4. The molecule has 8 heteroatoms. The number of alkyl halides is 3. The molecule has 0 saturated heterocycles. The molecule has 0 fully saturated rings. The molecule has 0 aliphatic rings. The van der Waals surface area contributed by atoms with Gasteiger partial charge in [-0.05, 0) is 52.3 Å². The SMILES string of the molecule is O=C(Nc1ccc(OC(F)(F)F)cc1)c1ccc(Br)o1. The minimum Gasteiger partial charge on any atom is -0.444 e. The van der Waals surface area contributed by atoms with Gasteiger partial charge in [0.15, 0.2) is 10.4 Å². The van der Waals surface area contributed by atoms with Crippen LogP contribution in [0.1, 0.15) is 10.6 Å². The molecule has 0 atom stereocenters. The molecular formula is C12H7BrF3NO3. The smallest absolute Gasteiger partial charge is 0.444 e. The molecule has 1 aromatic heterocycles. The number of benzene rings is 1. The van der Waals surface area contributed by atoms with E-state index in [0.717, 1.165) is 12.1 Å². The van der Waals surface area contributed by atoms with Crippen molar-refractivity contribution in [2.75, 3.05) is 5.32 Å². The Morgan fingerprint density at radius 2 is 1.80 bits per heavy atom. The van der Waals surface area contributed by atoms with Crippen molar-refractivity contribution >= 4 is 27.5 Å². The molecule has 1 N–H and O–H groups in total. The second-order valence-corrected chi connectivity index (χ2v) is 4.41. The molecule has 4 nitrogen and oxygen atoms in total. The van der Waals surface area contributed by atoms with Gasteiger partial charge in [-0.15, -0.1) is 13.2 Å². The van der Waals surface area contributed by atoms with Crippen LogP contribution in [0.15, 0.2) is 45.5 Å². The Labute approximate surface area is 119 Å². The fourth-order valence-corrected chi connectivity index (χ4v) is 1.68. The Kier molecular flexibility index (Phi) is 4.03. The monoisotopic (exact) mass is 349 g/mol. The van der Waals surface area contributed by atoms with Gasteiger partial charge in [0.2, 0.25) is 0 Å². The van der Waals surface area contributed by atoms with Crippen molar-refractivity contribution < 1.29 is 27.1 Å². The molecule has 1 aromatic carbocycles. The van der Waals surface area contributed by atoms with Gasteiger partial charge in [-0.2, -0.15) is 0 Å². The normalized spacial score (nSPS) is 11.2. The van der Waals surface area contributed by atoms with Crippen LogP contribution in [0.25, 0.3) is 0 Å². The van der Waals surface area contributed by atoms with Gasteiger partial charge >= 0.3 is 6.36 Å². The molecule has 0 spiro atoms. The zero-order valence-electron chi connectivity index (χ0n) is 9.70. The number of anilines is 1. The first-order valence-corrected chi connectivity index (χ1v) is 6.05. The zero-order valence-corrected chi connectivity index (χ0v) is 11.3. The summed E-state index contributed by atoms with van der Waals surface area (Å²) in [7, 11) is 0. The van der Waals surface area contributed by atoms with E-state index in [9.17, 15) is 18.0 Å². The summed E-state index contributed by atoms with van der Waals surface area (Å²) in [6, 6.07) is 7.78. The van der Waals surface area contributed by atoms with E-state index in [-0.39, 0.29) is 11.5 Å². The Morgan fingerprint density at radius 3 is 2.30 bits per heavy atom. The van der Waals surface area contributed by atoms with E-state index in [0.29, 0.717) is 10.4 Å². The molecule has 2 aromatic rings. The third-order valence-electron chi connectivity index (χ3n) is 2.14. The number of hydrogen-bond acceptors (Lipinski definition) is 3. The van der Waals surface area contributed by atoms with Crippen molar-refractivity contribution in [2.45, 2.75) is 6.36 Å². The number of rotatable bonds is 3. The van der Waals surface area contributed by atoms with Gasteiger partial charge in [0.05, 0.1) is 0 Å². The number of hydrogen-bond donors (Lipinski definition) is 1. The van der Waals surface area contributed by atoms with Crippen LogP contribution in [0.5, 0.6) is 5.75 Å². The molecule has 0 aliphatic carbocycles. The van der Waals surface area contributed by atoms with Gasteiger partial charge in [-0.25, -0.2) is 0 Å². The molecule has 1 heterocycles. The topological polar surface area (TPSA) is 51.5 Å². The Balaban J connectivity index is 2.02. The van der Waals surface area contributed by atoms with Crippen LogP contribution in [0.4, 0.5) is 18.9 Å². The lowest BCUT2D eigenvalue weighted by molar-refractivity contribution is -0.274. The fraction of sp³-hybridized carbons (Fsp3) is 0.0833. The maximum Gasteiger partial charge on any atom is 0.573 e. The Bertz CT molecular complexity index is 607. The summed E-state index contributed by atoms with van der Waals surface area (Å²) in [6.07, 6.45) is -4.74. The first-order chi connectivity index (χ1) is 9.33. The van der Waals surface area contributed by atoms with Crippen LogP contribution in [0.3, 0.4) is 0 Å². The Hall–Kier alpha value is -1.96. The third-order valence-corrected chi connectivity index (χ3v) is 2.57. The fourth-order valence-electron chi connectivity index (χ4n) is 1.37. The maximum absolute atomic E-state index is 12.0. The minimum absolute atomic E-state index is 0.0764. The number of ether oxygens (including phenoxy) is 1. The molecular weight excluding hydrogens is 343 g/mol. The predicted octanol–water partition coefficient (Wildman–Crippen LogP) is 4.19. The number of halogens is 4. The van der Waals surface area contributed by atoms with Crippen molar-refractivity contribution in [3.05, 3.63) is 46.8 Å². The summed E-state index contributed by atoms with van der Waals surface area (Å²) in [5, 5.41) is 2.47. The highest BCUT2D eigenvalue weighted by Gasteiger charge is 2.30. The third kappa shape index (κ3) is 4.02. The molecule has 0 bridgehead atoms. The largest absolute Gasteiger partial charge is 0.573 e. The minimum atomic E-state index is -4.74. The molecule has 20 heavy (non-hydrogen) atoms. The van der Waals surface area contributed by atoms with E-state index in [1.807, 2.05) is 0 Å². The van der Waals surface area contributed by atoms with Crippen LogP contribution in [-0.4, -0.2) is 12.3 Å². The summed E-state index contributed by atoms with van der Waals surface area (Å²) in [4.78, 5) is 11.7. The number of nitrogens with one attached hydrogen (secondary N) is 1.